The first-order chi connectivity index (χ1) is 9.79. The first kappa shape index (κ1) is 13.1. The molecule has 2 nitrogen and oxygen atoms in total. The van der Waals surface area contributed by atoms with Crippen LogP contribution in [0.2, 0.25) is 5.02 Å². The molecule has 0 saturated carbocycles. The minimum atomic E-state index is 0.755. The van der Waals surface area contributed by atoms with Gasteiger partial charge in [0.2, 0.25) is 0 Å². The van der Waals surface area contributed by atoms with Crippen molar-refractivity contribution in [3.8, 4) is 11.1 Å². The van der Waals surface area contributed by atoms with Crippen molar-refractivity contribution in [3.05, 3.63) is 65.4 Å². The molecule has 0 aliphatic rings. The van der Waals surface area contributed by atoms with Gasteiger partial charge in [-0.25, -0.2) is 0 Å². The second-order valence-corrected chi connectivity index (χ2v) is 5.15. The number of hydrogen-bond acceptors (Lipinski definition) is 2. The standard InChI is InChI=1S/C17H15ClN2/c1-19-9-14-8-12(6-7-17(14)18)16-11-20-10-13-4-2-3-5-15(13)16/h2-8,10-11,19H,9H2,1H3. The Bertz CT molecular complexity index is 748. The molecule has 0 saturated heterocycles. The number of fused-ring (bicyclic) bond motifs is 1. The minimum absolute atomic E-state index is 0.755. The van der Waals surface area contributed by atoms with Crippen molar-refractivity contribution in [1.82, 2.24) is 10.3 Å². The van der Waals surface area contributed by atoms with E-state index in [0.29, 0.717) is 0 Å². The van der Waals surface area contributed by atoms with Crippen molar-refractivity contribution in [3.63, 3.8) is 0 Å². The molecule has 3 rings (SSSR count). The highest BCUT2D eigenvalue weighted by Gasteiger charge is 2.07. The fraction of sp³-hybridized carbons (Fsp3) is 0.118. The second-order valence-electron chi connectivity index (χ2n) is 4.74. The summed E-state index contributed by atoms with van der Waals surface area (Å²) in [5.74, 6) is 0. The van der Waals surface area contributed by atoms with Crippen molar-refractivity contribution < 1.29 is 0 Å². The van der Waals surface area contributed by atoms with Crippen LogP contribution >= 0.6 is 11.6 Å². The van der Waals surface area contributed by atoms with Crippen LogP contribution in [0.1, 0.15) is 5.56 Å². The smallest absolute Gasteiger partial charge is 0.0451 e. The van der Waals surface area contributed by atoms with Crippen LogP contribution in [0.3, 0.4) is 0 Å². The maximum atomic E-state index is 6.23. The number of nitrogens with zero attached hydrogens (tertiary/aromatic N) is 1. The first-order valence-corrected chi connectivity index (χ1v) is 6.93. The number of halogens is 1. The molecule has 0 amide bonds. The van der Waals surface area contributed by atoms with Gasteiger partial charge in [-0.05, 0) is 35.7 Å². The zero-order valence-corrected chi connectivity index (χ0v) is 12.0. The van der Waals surface area contributed by atoms with Crippen molar-refractivity contribution in [1.29, 1.82) is 0 Å². The molecule has 0 aliphatic carbocycles. The molecule has 100 valence electrons. The van der Waals surface area contributed by atoms with Gasteiger partial charge in [0.1, 0.15) is 0 Å². The van der Waals surface area contributed by atoms with Gasteiger partial charge in [-0.1, -0.05) is 41.9 Å². The Balaban J connectivity index is 2.18. The van der Waals surface area contributed by atoms with Gasteiger partial charge in [0.15, 0.2) is 0 Å². The number of rotatable bonds is 3. The van der Waals surface area contributed by atoms with Crippen molar-refractivity contribution in [2.45, 2.75) is 6.54 Å². The molecule has 3 heteroatoms. The lowest BCUT2D eigenvalue weighted by Gasteiger charge is -2.09. The van der Waals surface area contributed by atoms with Gasteiger partial charge in [0.25, 0.3) is 0 Å². The van der Waals surface area contributed by atoms with Crippen LogP contribution in [0, 0.1) is 0 Å². The fourth-order valence-electron chi connectivity index (χ4n) is 2.41. The molecular weight excluding hydrogens is 268 g/mol. The largest absolute Gasteiger partial charge is 0.316 e. The van der Waals surface area contributed by atoms with Crippen LogP contribution < -0.4 is 5.32 Å². The van der Waals surface area contributed by atoms with E-state index < -0.39 is 0 Å². The van der Waals surface area contributed by atoms with Crippen LogP contribution in [-0.4, -0.2) is 12.0 Å². The summed E-state index contributed by atoms with van der Waals surface area (Å²) in [4.78, 5) is 4.34. The third-order valence-electron chi connectivity index (χ3n) is 3.39. The summed E-state index contributed by atoms with van der Waals surface area (Å²) in [7, 11) is 1.92. The monoisotopic (exact) mass is 282 g/mol. The predicted molar refractivity (Wildman–Crippen MR) is 85.0 cm³/mol. The predicted octanol–water partition coefficient (Wildman–Crippen LogP) is 4.27. The van der Waals surface area contributed by atoms with Gasteiger partial charge in [-0.3, -0.25) is 4.98 Å². The van der Waals surface area contributed by atoms with E-state index in [1.165, 1.54) is 5.39 Å². The molecule has 0 unspecified atom stereocenters. The van der Waals surface area contributed by atoms with E-state index in [9.17, 15) is 0 Å². The summed E-state index contributed by atoms with van der Waals surface area (Å²) in [6.45, 7) is 0.755. The second kappa shape index (κ2) is 5.61. The lowest BCUT2D eigenvalue weighted by atomic mass is 9.99. The zero-order chi connectivity index (χ0) is 13.9. The molecule has 0 aliphatic heterocycles. The fourth-order valence-corrected chi connectivity index (χ4v) is 2.60. The normalized spacial score (nSPS) is 10.9. The lowest BCUT2D eigenvalue weighted by Crippen LogP contribution is -2.05. The molecule has 2 aromatic carbocycles. The number of benzene rings is 2. The summed E-state index contributed by atoms with van der Waals surface area (Å²) >= 11 is 6.23. The van der Waals surface area contributed by atoms with Gasteiger partial charge in [0.05, 0.1) is 0 Å². The van der Waals surface area contributed by atoms with Crippen molar-refractivity contribution in [2.75, 3.05) is 7.05 Å². The SMILES string of the molecule is CNCc1cc(-c2cncc3ccccc23)ccc1Cl. The maximum Gasteiger partial charge on any atom is 0.0451 e. The summed E-state index contributed by atoms with van der Waals surface area (Å²) in [6, 6.07) is 14.4. The average Bonchev–Trinajstić information content (AvgIpc) is 2.49. The third-order valence-corrected chi connectivity index (χ3v) is 3.76. The van der Waals surface area contributed by atoms with E-state index in [2.05, 4.69) is 34.6 Å². The summed E-state index contributed by atoms with van der Waals surface area (Å²) in [6.07, 6.45) is 3.80. The number of hydrogen-bond donors (Lipinski definition) is 1. The van der Waals surface area contributed by atoms with Crippen molar-refractivity contribution in [2.24, 2.45) is 0 Å². The zero-order valence-electron chi connectivity index (χ0n) is 11.2. The molecule has 3 aromatic rings. The third kappa shape index (κ3) is 2.40. The molecule has 0 atom stereocenters. The van der Waals surface area contributed by atoms with Crippen LogP contribution in [0.25, 0.3) is 21.9 Å². The van der Waals surface area contributed by atoms with Gasteiger partial charge >= 0.3 is 0 Å². The Morgan fingerprint density at radius 1 is 1.10 bits per heavy atom. The van der Waals surface area contributed by atoms with Gasteiger partial charge < -0.3 is 5.32 Å². The summed E-state index contributed by atoms with van der Waals surface area (Å²) in [5.41, 5.74) is 3.38. The van der Waals surface area contributed by atoms with Crippen LogP contribution in [-0.2, 0) is 6.54 Å². The van der Waals surface area contributed by atoms with Gasteiger partial charge in [-0.2, -0.15) is 0 Å². The van der Waals surface area contributed by atoms with E-state index in [-0.39, 0.29) is 0 Å². The molecule has 20 heavy (non-hydrogen) atoms. The Kier molecular flexibility index (Phi) is 3.68. The minimum Gasteiger partial charge on any atom is -0.316 e. The molecule has 0 fully saturated rings. The molecule has 0 bridgehead atoms. The van der Waals surface area contributed by atoms with E-state index in [4.69, 9.17) is 11.6 Å². The highest BCUT2D eigenvalue weighted by Crippen LogP contribution is 2.30. The average molecular weight is 283 g/mol. The molecule has 1 heterocycles. The van der Waals surface area contributed by atoms with Crippen LogP contribution in [0.5, 0.6) is 0 Å². The van der Waals surface area contributed by atoms with E-state index in [1.807, 2.05) is 37.6 Å². The molecule has 1 aromatic heterocycles. The number of nitrogens with one attached hydrogen (secondary N) is 1. The Morgan fingerprint density at radius 2 is 1.95 bits per heavy atom. The van der Waals surface area contributed by atoms with E-state index in [1.54, 1.807) is 0 Å². The molecule has 0 spiro atoms. The first-order valence-electron chi connectivity index (χ1n) is 6.56. The number of pyridine rings is 1. The van der Waals surface area contributed by atoms with Crippen LogP contribution in [0.4, 0.5) is 0 Å². The van der Waals surface area contributed by atoms with E-state index >= 15 is 0 Å². The maximum absolute atomic E-state index is 6.23. The van der Waals surface area contributed by atoms with Crippen LogP contribution in [0.15, 0.2) is 54.9 Å². The number of aromatic nitrogens is 1. The highest BCUT2D eigenvalue weighted by molar-refractivity contribution is 6.31. The topological polar surface area (TPSA) is 24.9 Å². The lowest BCUT2D eigenvalue weighted by molar-refractivity contribution is 0.818. The van der Waals surface area contributed by atoms with Gasteiger partial charge in [0, 0.05) is 34.9 Å². The van der Waals surface area contributed by atoms with E-state index in [0.717, 1.165) is 33.6 Å². The Morgan fingerprint density at radius 3 is 2.80 bits per heavy atom. The van der Waals surface area contributed by atoms with Gasteiger partial charge in [-0.15, -0.1) is 0 Å². The molecule has 1 N–H and O–H groups in total. The molecule has 0 radical (unpaired) electrons. The van der Waals surface area contributed by atoms with Crippen molar-refractivity contribution >= 4 is 22.4 Å². The Labute approximate surface area is 123 Å². The highest BCUT2D eigenvalue weighted by atomic mass is 35.5. The quantitative estimate of drug-likeness (QED) is 0.776. The summed E-state index contributed by atoms with van der Waals surface area (Å²) in [5, 5.41) is 6.29. The Hall–Kier alpha value is -1.90. The molecular formula is C17H15ClN2. The summed E-state index contributed by atoms with van der Waals surface area (Å²) < 4.78 is 0.